The lowest BCUT2D eigenvalue weighted by Gasteiger charge is -2.35. The molecule has 1 fully saturated rings. The molecule has 0 unspecified atom stereocenters. The Kier molecular flexibility index (Phi) is 5.16. The third-order valence-corrected chi connectivity index (χ3v) is 6.55. The maximum atomic E-state index is 13.7. The minimum absolute atomic E-state index is 0.198. The summed E-state index contributed by atoms with van der Waals surface area (Å²) in [6.45, 7) is 4.34. The number of rotatable bonds is 4. The van der Waals surface area contributed by atoms with Crippen LogP contribution in [0.25, 0.3) is 0 Å². The van der Waals surface area contributed by atoms with Crippen LogP contribution >= 0.6 is 0 Å². The van der Waals surface area contributed by atoms with Gasteiger partial charge in [-0.3, -0.25) is 10.1 Å². The van der Waals surface area contributed by atoms with Crippen molar-refractivity contribution in [3.05, 3.63) is 63.5 Å². The Morgan fingerprint density at radius 1 is 1.07 bits per heavy atom. The standard InChI is InChI=1S/C18H20FN3O4S/c1-13-4-3-5-15(10-13)27(25,26)21-8-6-20(7-9-21)17-11-14(2)16(19)12-18(17)22(23)24/h3-5,10-12H,6-9H2,1-2H3. The highest BCUT2D eigenvalue weighted by atomic mass is 32.2. The van der Waals surface area contributed by atoms with E-state index in [1.54, 1.807) is 30.0 Å². The zero-order chi connectivity index (χ0) is 19.8. The van der Waals surface area contributed by atoms with Crippen molar-refractivity contribution in [1.29, 1.82) is 0 Å². The third kappa shape index (κ3) is 3.79. The number of nitro benzene ring substituents is 1. The molecule has 0 saturated carbocycles. The fourth-order valence-corrected chi connectivity index (χ4v) is 4.68. The Hall–Kier alpha value is -2.52. The highest BCUT2D eigenvalue weighted by molar-refractivity contribution is 7.89. The van der Waals surface area contributed by atoms with Gasteiger partial charge in [-0.05, 0) is 43.2 Å². The van der Waals surface area contributed by atoms with E-state index < -0.39 is 20.8 Å². The van der Waals surface area contributed by atoms with Crippen molar-refractivity contribution < 1.29 is 17.7 Å². The van der Waals surface area contributed by atoms with E-state index in [-0.39, 0.29) is 36.8 Å². The Bertz CT molecular complexity index is 986. The fraction of sp³-hybridized carbons (Fsp3) is 0.333. The molecule has 0 N–H and O–H groups in total. The number of benzene rings is 2. The SMILES string of the molecule is Cc1cccc(S(=O)(=O)N2CCN(c3cc(C)c(F)cc3[N+](=O)[O-])CC2)c1. The molecule has 144 valence electrons. The van der Waals surface area contributed by atoms with E-state index in [0.717, 1.165) is 11.6 Å². The van der Waals surface area contributed by atoms with Gasteiger partial charge in [-0.2, -0.15) is 4.31 Å². The number of nitrogens with zero attached hydrogens (tertiary/aromatic N) is 3. The minimum atomic E-state index is -3.62. The first-order chi connectivity index (χ1) is 12.7. The van der Waals surface area contributed by atoms with Crippen LogP contribution in [0, 0.1) is 29.8 Å². The van der Waals surface area contributed by atoms with Crippen LogP contribution in [-0.4, -0.2) is 43.8 Å². The number of halogens is 1. The van der Waals surface area contributed by atoms with Crippen molar-refractivity contribution in [2.75, 3.05) is 31.1 Å². The van der Waals surface area contributed by atoms with Gasteiger partial charge in [0.2, 0.25) is 10.0 Å². The first-order valence-corrected chi connectivity index (χ1v) is 9.90. The molecule has 0 amide bonds. The predicted octanol–water partition coefficient (Wildman–Crippen LogP) is 2.86. The molecular weight excluding hydrogens is 373 g/mol. The molecule has 27 heavy (non-hydrogen) atoms. The summed E-state index contributed by atoms with van der Waals surface area (Å²) >= 11 is 0. The van der Waals surface area contributed by atoms with Gasteiger partial charge in [0.05, 0.1) is 15.9 Å². The summed E-state index contributed by atoms with van der Waals surface area (Å²) in [5.74, 6) is -0.633. The predicted molar refractivity (Wildman–Crippen MR) is 99.9 cm³/mol. The molecule has 0 atom stereocenters. The number of hydrogen-bond acceptors (Lipinski definition) is 5. The van der Waals surface area contributed by atoms with Gasteiger partial charge in [-0.25, -0.2) is 12.8 Å². The monoisotopic (exact) mass is 393 g/mol. The zero-order valence-corrected chi connectivity index (χ0v) is 15.9. The number of piperazine rings is 1. The molecule has 0 radical (unpaired) electrons. The van der Waals surface area contributed by atoms with Crippen LogP contribution in [0.4, 0.5) is 15.8 Å². The molecule has 0 aliphatic carbocycles. The van der Waals surface area contributed by atoms with Crippen molar-refractivity contribution in [2.45, 2.75) is 18.7 Å². The first kappa shape index (κ1) is 19.2. The lowest BCUT2D eigenvalue weighted by molar-refractivity contribution is -0.384. The van der Waals surface area contributed by atoms with Crippen LogP contribution in [0.3, 0.4) is 0 Å². The fourth-order valence-electron chi connectivity index (χ4n) is 3.15. The molecule has 9 heteroatoms. The van der Waals surface area contributed by atoms with E-state index in [0.29, 0.717) is 11.3 Å². The summed E-state index contributed by atoms with van der Waals surface area (Å²) < 4.78 is 40.7. The maximum Gasteiger partial charge on any atom is 0.295 e. The van der Waals surface area contributed by atoms with Crippen molar-refractivity contribution >= 4 is 21.4 Å². The number of anilines is 1. The third-order valence-electron chi connectivity index (χ3n) is 4.66. The molecule has 0 aromatic heterocycles. The van der Waals surface area contributed by atoms with Crippen molar-refractivity contribution in [3.63, 3.8) is 0 Å². The van der Waals surface area contributed by atoms with Crippen LogP contribution < -0.4 is 4.90 Å². The summed E-state index contributed by atoms with van der Waals surface area (Å²) in [6.07, 6.45) is 0. The highest BCUT2D eigenvalue weighted by Crippen LogP contribution is 2.32. The van der Waals surface area contributed by atoms with E-state index >= 15 is 0 Å². The van der Waals surface area contributed by atoms with Gasteiger partial charge in [0, 0.05) is 26.2 Å². The Labute approximate surface area is 157 Å². The van der Waals surface area contributed by atoms with Gasteiger partial charge < -0.3 is 4.90 Å². The second-order valence-corrected chi connectivity index (χ2v) is 8.49. The van der Waals surface area contributed by atoms with Gasteiger partial charge in [-0.1, -0.05) is 12.1 Å². The van der Waals surface area contributed by atoms with Crippen LogP contribution in [0.1, 0.15) is 11.1 Å². The van der Waals surface area contributed by atoms with Crippen LogP contribution in [0.2, 0.25) is 0 Å². The zero-order valence-electron chi connectivity index (χ0n) is 15.1. The number of hydrogen-bond donors (Lipinski definition) is 0. The Morgan fingerprint density at radius 3 is 2.33 bits per heavy atom. The number of nitro groups is 1. The van der Waals surface area contributed by atoms with E-state index in [1.165, 1.54) is 10.4 Å². The van der Waals surface area contributed by atoms with Gasteiger partial charge >= 0.3 is 0 Å². The second kappa shape index (κ2) is 7.24. The molecule has 1 aliphatic rings. The van der Waals surface area contributed by atoms with Crippen LogP contribution in [0.5, 0.6) is 0 Å². The molecule has 1 saturated heterocycles. The minimum Gasteiger partial charge on any atom is -0.363 e. The van der Waals surface area contributed by atoms with Crippen molar-refractivity contribution in [2.24, 2.45) is 0 Å². The summed E-state index contributed by atoms with van der Waals surface area (Å²) in [5.41, 5.74) is 1.16. The van der Waals surface area contributed by atoms with Gasteiger partial charge in [-0.15, -0.1) is 0 Å². The molecule has 0 spiro atoms. The molecule has 1 aliphatic heterocycles. The normalized spacial score (nSPS) is 15.7. The van der Waals surface area contributed by atoms with Crippen LogP contribution in [0.15, 0.2) is 41.3 Å². The average Bonchev–Trinajstić information content (AvgIpc) is 2.63. The second-order valence-electron chi connectivity index (χ2n) is 6.55. The summed E-state index contributed by atoms with van der Waals surface area (Å²) in [7, 11) is -3.62. The van der Waals surface area contributed by atoms with Crippen LogP contribution in [-0.2, 0) is 10.0 Å². The highest BCUT2D eigenvalue weighted by Gasteiger charge is 2.31. The molecule has 2 aromatic carbocycles. The van der Waals surface area contributed by atoms with E-state index in [1.807, 2.05) is 13.0 Å². The Morgan fingerprint density at radius 2 is 1.74 bits per heavy atom. The largest absolute Gasteiger partial charge is 0.363 e. The average molecular weight is 393 g/mol. The Balaban J connectivity index is 1.82. The van der Waals surface area contributed by atoms with E-state index in [4.69, 9.17) is 0 Å². The molecule has 2 aromatic rings. The van der Waals surface area contributed by atoms with Gasteiger partial charge in [0.15, 0.2) is 0 Å². The smallest absolute Gasteiger partial charge is 0.295 e. The molecule has 1 heterocycles. The summed E-state index contributed by atoms with van der Waals surface area (Å²) in [6, 6.07) is 9.06. The number of sulfonamides is 1. The first-order valence-electron chi connectivity index (χ1n) is 8.46. The summed E-state index contributed by atoms with van der Waals surface area (Å²) in [4.78, 5) is 12.6. The van der Waals surface area contributed by atoms with Crippen molar-refractivity contribution in [1.82, 2.24) is 4.31 Å². The molecule has 0 bridgehead atoms. The van der Waals surface area contributed by atoms with Gasteiger partial charge in [0.25, 0.3) is 5.69 Å². The van der Waals surface area contributed by atoms with Crippen molar-refractivity contribution in [3.8, 4) is 0 Å². The maximum absolute atomic E-state index is 13.7. The van der Waals surface area contributed by atoms with E-state index in [9.17, 15) is 22.9 Å². The molecule has 7 nitrogen and oxygen atoms in total. The topological polar surface area (TPSA) is 83.8 Å². The lowest BCUT2D eigenvalue weighted by atomic mass is 10.1. The lowest BCUT2D eigenvalue weighted by Crippen LogP contribution is -2.48. The number of aryl methyl sites for hydroxylation is 2. The molecule has 3 rings (SSSR count). The van der Waals surface area contributed by atoms with Gasteiger partial charge in [0.1, 0.15) is 11.5 Å². The summed E-state index contributed by atoms with van der Waals surface area (Å²) in [5, 5.41) is 11.3. The molecular formula is C18H20FN3O4S. The quantitative estimate of drug-likeness (QED) is 0.589. The van der Waals surface area contributed by atoms with E-state index in [2.05, 4.69) is 0 Å².